The summed E-state index contributed by atoms with van der Waals surface area (Å²) in [5.41, 5.74) is -0.479. The van der Waals surface area contributed by atoms with Crippen molar-refractivity contribution >= 4 is 27.0 Å². The minimum Gasteiger partial charge on any atom is -0.467 e. The van der Waals surface area contributed by atoms with E-state index in [2.05, 4.69) is 9.47 Å². The van der Waals surface area contributed by atoms with Gasteiger partial charge >= 0.3 is 11.7 Å². The van der Waals surface area contributed by atoms with E-state index in [1.807, 2.05) is 6.79 Å². The van der Waals surface area contributed by atoms with Crippen molar-refractivity contribution in [1.29, 1.82) is 0 Å². The Labute approximate surface area is 91.0 Å². The minimum atomic E-state index is -0.845. The zero-order chi connectivity index (χ0) is 11.6. The van der Waals surface area contributed by atoms with E-state index in [1.165, 1.54) is 21.3 Å². The Bertz CT molecular complexity index is 184. The fourth-order valence-electron chi connectivity index (χ4n) is 0.487. The van der Waals surface area contributed by atoms with Gasteiger partial charge in [-0.2, -0.15) is 0 Å². The predicted molar refractivity (Wildman–Crippen MR) is 57.4 cm³/mol. The van der Waals surface area contributed by atoms with E-state index >= 15 is 0 Å². The van der Waals surface area contributed by atoms with Crippen LogP contribution in [-0.4, -0.2) is 45.6 Å². The summed E-state index contributed by atoms with van der Waals surface area (Å²) >= 11 is 0. The largest absolute Gasteiger partial charge is 0.467 e. The second-order valence-corrected chi connectivity index (χ2v) is 3.00. The minimum absolute atomic E-state index is 0. The van der Waals surface area contributed by atoms with Crippen molar-refractivity contribution in [2.75, 3.05) is 21.3 Å². The molecule has 0 saturated carbocycles. The smallest absolute Gasteiger partial charge is 0.339 e. The summed E-state index contributed by atoms with van der Waals surface area (Å²) in [6.45, 7) is 2.00. The number of carbonyl (C=O) groups excluding carboxylic acids is 3. The lowest BCUT2D eigenvalue weighted by Crippen LogP contribution is -2.20. The van der Waals surface area contributed by atoms with Gasteiger partial charge < -0.3 is 19.0 Å². The highest BCUT2D eigenvalue weighted by Gasteiger charge is 2.22. The van der Waals surface area contributed by atoms with Crippen molar-refractivity contribution in [3.63, 3.8) is 0 Å². The number of methoxy groups -OCH3 is 3. The van der Waals surface area contributed by atoms with Crippen LogP contribution in [0.25, 0.3) is 0 Å². The number of rotatable bonds is 4. The molecule has 0 saturated heterocycles. The lowest BCUT2D eigenvalue weighted by atomic mass is 10.7. The van der Waals surface area contributed by atoms with E-state index in [1.54, 1.807) is 0 Å². The van der Waals surface area contributed by atoms with Gasteiger partial charge in [-0.1, -0.05) is 7.43 Å². The maximum absolute atomic E-state index is 10.8. The Morgan fingerprint density at radius 1 is 1.13 bits per heavy atom. The van der Waals surface area contributed by atoms with Crippen LogP contribution in [0.15, 0.2) is 0 Å². The molecule has 0 amide bonds. The van der Waals surface area contributed by atoms with Gasteiger partial charge in [-0.05, 0) is 0 Å². The summed E-state index contributed by atoms with van der Waals surface area (Å²) < 4.78 is 13.5. The van der Waals surface area contributed by atoms with Crippen molar-refractivity contribution in [2.45, 2.75) is 13.3 Å². The van der Waals surface area contributed by atoms with Crippen LogP contribution in [0.3, 0.4) is 0 Å². The molecule has 0 bridgehead atoms. The van der Waals surface area contributed by atoms with Crippen LogP contribution < -0.4 is 0 Å². The van der Waals surface area contributed by atoms with Gasteiger partial charge in [0.05, 0.1) is 14.2 Å². The summed E-state index contributed by atoms with van der Waals surface area (Å²) in [6, 6.07) is 0. The maximum atomic E-state index is 10.8. The van der Waals surface area contributed by atoms with E-state index in [9.17, 15) is 9.59 Å². The van der Waals surface area contributed by atoms with Gasteiger partial charge in [0.25, 0.3) is 0 Å². The van der Waals surface area contributed by atoms with Crippen LogP contribution in [-0.2, 0) is 23.8 Å². The quantitative estimate of drug-likeness (QED) is 0.539. The zero-order valence-electron chi connectivity index (χ0n) is 8.23. The van der Waals surface area contributed by atoms with Crippen molar-refractivity contribution in [3.8, 4) is 0 Å². The molecule has 2 unspecified atom stereocenters. The third-order valence-corrected chi connectivity index (χ3v) is 2.26. The molecule has 0 aromatic rings. The van der Waals surface area contributed by atoms with Crippen LogP contribution in [0.4, 0.5) is 4.79 Å². The first-order chi connectivity index (χ1) is 6.65. The van der Waals surface area contributed by atoms with Crippen LogP contribution in [0.1, 0.15) is 7.43 Å². The molecule has 6 nitrogen and oxygen atoms in total. The van der Waals surface area contributed by atoms with Gasteiger partial charge in [0.2, 0.25) is 0 Å². The first-order valence-electron chi connectivity index (χ1n) is 3.39. The lowest BCUT2D eigenvalue weighted by Gasteiger charge is -2.10. The predicted octanol–water partition coefficient (Wildman–Crippen LogP) is 1.03. The molecule has 0 radical (unpaired) electrons. The summed E-state index contributed by atoms with van der Waals surface area (Å²) in [4.78, 5) is 29.6. The number of hydrogen-bond acceptors (Lipinski definition) is 6. The molecule has 0 N–H and O–H groups in total. The van der Waals surface area contributed by atoms with Crippen LogP contribution in [0.2, 0.25) is 0 Å². The van der Waals surface area contributed by atoms with E-state index in [-0.39, 0.29) is 16.0 Å². The topological polar surface area (TPSA) is 78.9 Å². The Hall–Kier alpha value is -1.00. The van der Waals surface area contributed by atoms with Crippen molar-refractivity contribution in [3.05, 3.63) is 0 Å². The Morgan fingerprint density at radius 2 is 1.60 bits per heavy atom. The molecular weight excluding hydrogens is 223 g/mol. The molecule has 0 rings (SSSR count). The molecule has 0 aliphatic carbocycles. The number of ether oxygens (including phenoxy) is 3. The van der Waals surface area contributed by atoms with Gasteiger partial charge in [0.1, 0.15) is 6.79 Å². The van der Waals surface area contributed by atoms with Crippen LogP contribution >= 0.6 is 8.58 Å². The Kier molecular flexibility index (Phi) is 16.9. The molecule has 15 heavy (non-hydrogen) atoms. The molecule has 7 heteroatoms. The van der Waals surface area contributed by atoms with Gasteiger partial charge in [0, 0.05) is 15.7 Å². The summed E-state index contributed by atoms with van der Waals surface area (Å²) in [7, 11) is 3.44. The molecular formula is C8H17O6P. The highest BCUT2D eigenvalue weighted by molar-refractivity contribution is 7.58. The van der Waals surface area contributed by atoms with E-state index in [0.29, 0.717) is 0 Å². The van der Waals surface area contributed by atoms with Gasteiger partial charge in [-0.15, -0.1) is 0 Å². The second-order valence-electron chi connectivity index (χ2n) is 1.77. The van der Waals surface area contributed by atoms with Crippen molar-refractivity contribution < 1.29 is 28.6 Å². The SMILES string of the molecule is C.C=O.COC(=O)PC(OC)C(=O)OC. The molecule has 90 valence electrons. The molecule has 0 spiro atoms. The average molecular weight is 240 g/mol. The third kappa shape index (κ3) is 9.31. The molecule has 0 aromatic heterocycles. The average Bonchev–Trinajstić information content (AvgIpc) is 2.27. The van der Waals surface area contributed by atoms with E-state index < -0.39 is 17.5 Å². The highest BCUT2D eigenvalue weighted by atomic mass is 31.1. The first-order valence-corrected chi connectivity index (χ1v) is 4.47. The highest BCUT2D eigenvalue weighted by Crippen LogP contribution is 2.22. The monoisotopic (exact) mass is 240 g/mol. The van der Waals surface area contributed by atoms with Gasteiger partial charge in [-0.3, -0.25) is 0 Å². The van der Waals surface area contributed by atoms with Crippen molar-refractivity contribution in [2.24, 2.45) is 0 Å². The zero-order valence-corrected chi connectivity index (χ0v) is 9.23. The van der Waals surface area contributed by atoms with Gasteiger partial charge in [-0.25, -0.2) is 9.59 Å². The molecule has 0 aromatic carbocycles. The molecule has 0 aliphatic heterocycles. The lowest BCUT2D eigenvalue weighted by molar-refractivity contribution is -0.147. The van der Waals surface area contributed by atoms with Crippen LogP contribution in [0.5, 0.6) is 0 Å². The fraction of sp³-hybridized carbons (Fsp3) is 0.625. The van der Waals surface area contributed by atoms with E-state index in [0.717, 1.165) is 0 Å². The fourth-order valence-corrected chi connectivity index (χ4v) is 1.17. The molecule has 0 aliphatic rings. The molecule has 2 atom stereocenters. The summed E-state index contributed by atoms with van der Waals surface area (Å²) in [5, 5.41) is 0. The van der Waals surface area contributed by atoms with Crippen LogP contribution in [0, 0.1) is 0 Å². The Morgan fingerprint density at radius 3 is 1.87 bits per heavy atom. The molecule has 0 fully saturated rings. The Balaban J connectivity index is -0.000000449. The standard InChI is InChI=1S/C6H11O5P.CH2O.CH4/c1-9-4(7)5(10-2)12-6(8)11-3;1-2;/h5,12H,1-3H3;1H2;1H4. The second kappa shape index (κ2) is 13.0. The third-order valence-electron chi connectivity index (χ3n) is 1.09. The summed E-state index contributed by atoms with van der Waals surface area (Å²) in [6.07, 6.45) is 0. The molecule has 0 heterocycles. The number of carbonyl (C=O) groups is 3. The number of esters is 1. The van der Waals surface area contributed by atoms with Gasteiger partial charge in [0.15, 0.2) is 5.85 Å². The van der Waals surface area contributed by atoms with Crippen molar-refractivity contribution in [1.82, 2.24) is 0 Å². The maximum Gasteiger partial charge on any atom is 0.339 e. The summed E-state index contributed by atoms with van der Waals surface area (Å²) in [5.74, 6) is -1.41. The first kappa shape index (κ1) is 19.6. The van der Waals surface area contributed by atoms with E-state index in [4.69, 9.17) is 9.53 Å². The number of hydrogen-bond donors (Lipinski definition) is 0. The normalized spacial score (nSPS) is 10.6.